The maximum Gasteiger partial charge on any atom is 0.129 e. The highest BCUT2D eigenvalue weighted by molar-refractivity contribution is 6.42. The van der Waals surface area contributed by atoms with Crippen molar-refractivity contribution in [2.75, 3.05) is 32.9 Å². The van der Waals surface area contributed by atoms with Crippen LogP contribution in [0, 0.1) is 5.82 Å². The van der Waals surface area contributed by atoms with Gasteiger partial charge in [-0.05, 0) is 12.1 Å². The van der Waals surface area contributed by atoms with E-state index in [1.165, 1.54) is 12.1 Å². The van der Waals surface area contributed by atoms with Gasteiger partial charge in [-0.1, -0.05) is 23.2 Å². The van der Waals surface area contributed by atoms with Crippen molar-refractivity contribution in [3.63, 3.8) is 0 Å². The Balaban J connectivity index is 0.00000180. The van der Waals surface area contributed by atoms with Gasteiger partial charge in [0.2, 0.25) is 0 Å². The fourth-order valence-electron chi connectivity index (χ4n) is 2.20. The molecule has 1 saturated heterocycles. The van der Waals surface area contributed by atoms with Crippen LogP contribution in [0.15, 0.2) is 12.1 Å². The molecule has 0 radical (unpaired) electrons. The van der Waals surface area contributed by atoms with E-state index in [1.807, 2.05) is 4.90 Å². The minimum atomic E-state index is -0.684. The van der Waals surface area contributed by atoms with Gasteiger partial charge in [0.05, 0.1) is 16.1 Å². The van der Waals surface area contributed by atoms with Crippen LogP contribution in [0.2, 0.25) is 10.0 Å². The van der Waals surface area contributed by atoms with Crippen LogP contribution in [0.1, 0.15) is 11.6 Å². The first kappa shape index (κ1) is 20.2. The number of hydrogen-bond donors (Lipinski definition) is 1. The van der Waals surface area contributed by atoms with Crippen LogP contribution in [0.3, 0.4) is 0 Å². The van der Waals surface area contributed by atoms with Crippen LogP contribution >= 0.6 is 48.0 Å². The number of nitrogens with one attached hydrogen (secondary N) is 1. The first-order valence-corrected chi connectivity index (χ1v) is 6.55. The van der Waals surface area contributed by atoms with Gasteiger partial charge in [-0.2, -0.15) is 0 Å². The second-order valence-electron chi connectivity index (χ2n) is 4.21. The maximum absolute atomic E-state index is 13.9. The molecule has 1 aromatic rings. The summed E-state index contributed by atoms with van der Waals surface area (Å²) in [6, 6.07) is 1.95. The van der Waals surface area contributed by atoms with Gasteiger partial charge < -0.3 is 5.32 Å². The fraction of sp³-hybridized carbons (Fsp3) is 0.500. The summed E-state index contributed by atoms with van der Waals surface area (Å²) in [7, 11) is 0. The normalized spacial score (nSPS) is 17.0. The van der Waals surface area contributed by atoms with E-state index in [4.69, 9.17) is 23.2 Å². The minimum Gasteiger partial charge on any atom is -0.314 e. The zero-order chi connectivity index (χ0) is 13.1. The number of benzene rings is 1. The first-order chi connectivity index (χ1) is 8.65. The lowest BCUT2D eigenvalue weighted by Crippen LogP contribution is -2.46. The maximum atomic E-state index is 13.9. The molecule has 1 fully saturated rings. The fourth-order valence-corrected chi connectivity index (χ4v) is 2.64. The highest BCUT2D eigenvalue weighted by Crippen LogP contribution is 2.35. The van der Waals surface area contributed by atoms with Gasteiger partial charge in [-0.15, -0.1) is 24.8 Å². The highest BCUT2D eigenvalue weighted by atomic mass is 35.5. The molecule has 2 nitrogen and oxygen atoms in total. The Morgan fingerprint density at radius 3 is 2.35 bits per heavy atom. The third-order valence-corrected chi connectivity index (χ3v) is 3.97. The van der Waals surface area contributed by atoms with E-state index >= 15 is 0 Å². The highest BCUT2D eigenvalue weighted by Gasteiger charge is 2.27. The van der Waals surface area contributed by atoms with Crippen molar-refractivity contribution in [2.45, 2.75) is 6.04 Å². The summed E-state index contributed by atoms with van der Waals surface area (Å²) in [6.07, 6.45) is 0. The van der Waals surface area contributed by atoms with Crippen molar-refractivity contribution in [1.82, 2.24) is 10.2 Å². The third-order valence-electron chi connectivity index (χ3n) is 3.15. The number of piperazine rings is 1. The molecular weight excluding hydrogens is 352 g/mol. The van der Waals surface area contributed by atoms with Crippen molar-refractivity contribution in [1.29, 1.82) is 0 Å². The van der Waals surface area contributed by atoms with Gasteiger partial charge in [0.25, 0.3) is 0 Å². The van der Waals surface area contributed by atoms with Crippen LogP contribution in [-0.4, -0.2) is 37.8 Å². The van der Waals surface area contributed by atoms with Gasteiger partial charge in [0, 0.05) is 31.7 Å². The smallest absolute Gasteiger partial charge is 0.129 e. The van der Waals surface area contributed by atoms with E-state index in [1.54, 1.807) is 0 Å². The molecule has 2 rings (SSSR count). The summed E-state index contributed by atoms with van der Waals surface area (Å²) >= 11 is 11.9. The average Bonchev–Trinajstić information content (AvgIpc) is 2.40. The molecule has 1 aliphatic rings. The molecule has 1 aliphatic heterocycles. The molecule has 0 spiro atoms. The monoisotopic (exact) mass is 366 g/mol. The van der Waals surface area contributed by atoms with E-state index in [2.05, 4.69) is 5.32 Å². The lowest BCUT2D eigenvalue weighted by Gasteiger charge is -2.34. The van der Waals surface area contributed by atoms with E-state index in [0.717, 1.165) is 13.1 Å². The predicted molar refractivity (Wildman–Crippen MR) is 84.1 cm³/mol. The standard InChI is InChI=1S/C12H14Cl2F2N2.2ClH/c13-8-1-2-9(16)11(12(8)14)10(7-15)18-5-3-17-4-6-18;;/h1-2,10,17H,3-7H2;2*1H/t10-;;/m0../s1. The second kappa shape index (κ2) is 9.23. The van der Waals surface area contributed by atoms with Crippen LogP contribution in [0.5, 0.6) is 0 Å². The Bertz CT molecular complexity index is 428. The number of hydrogen-bond acceptors (Lipinski definition) is 2. The van der Waals surface area contributed by atoms with E-state index < -0.39 is 18.5 Å². The molecule has 0 unspecified atom stereocenters. The lowest BCUT2D eigenvalue weighted by molar-refractivity contribution is 0.144. The molecule has 1 aromatic carbocycles. The first-order valence-electron chi connectivity index (χ1n) is 5.79. The SMILES string of the molecule is Cl.Cl.FC[C@@H](c1c(F)ccc(Cl)c1Cl)N1CCNCC1. The molecule has 1 atom stereocenters. The average molecular weight is 368 g/mol. The van der Waals surface area contributed by atoms with Crippen LogP contribution < -0.4 is 5.32 Å². The molecule has 1 N–H and O–H groups in total. The van der Waals surface area contributed by atoms with Gasteiger partial charge in [-0.3, -0.25) is 4.90 Å². The molecule has 116 valence electrons. The quantitative estimate of drug-likeness (QED) is 0.815. The Hall–Kier alpha value is 0.160. The number of alkyl halides is 1. The van der Waals surface area contributed by atoms with E-state index in [-0.39, 0.29) is 40.4 Å². The summed E-state index contributed by atoms with van der Waals surface area (Å²) in [5.41, 5.74) is 0.161. The summed E-state index contributed by atoms with van der Waals surface area (Å²) in [4.78, 5) is 1.89. The van der Waals surface area contributed by atoms with Crippen LogP contribution in [0.4, 0.5) is 8.78 Å². The Kier molecular flexibility index (Phi) is 9.31. The molecular formula is C12H16Cl4F2N2. The van der Waals surface area contributed by atoms with Gasteiger partial charge in [0.1, 0.15) is 12.5 Å². The molecule has 1 heterocycles. The van der Waals surface area contributed by atoms with Gasteiger partial charge in [-0.25, -0.2) is 8.78 Å². The molecule has 0 saturated carbocycles. The van der Waals surface area contributed by atoms with Crippen LogP contribution in [0.25, 0.3) is 0 Å². The molecule has 0 aromatic heterocycles. The summed E-state index contributed by atoms with van der Waals surface area (Å²) in [5, 5.41) is 3.53. The minimum absolute atomic E-state index is 0. The second-order valence-corrected chi connectivity index (χ2v) is 5.00. The van der Waals surface area contributed by atoms with E-state index in [0.29, 0.717) is 13.1 Å². The molecule has 0 amide bonds. The zero-order valence-electron chi connectivity index (χ0n) is 10.5. The Labute approximate surface area is 139 Å². The van der Waals surface area contributed by atoms with Gasteiger partial charge in [0.15, 0.2) is 0 Å². The van der Waals surface area contributed by atoms with Crippen LogP contribution in [-0.2, 0) is 0 Å². The number of rotatable bonds is 3. The molecule has 0 bridgehead atoms. The number of halogens is 6. The third kappa shape index (κ3) is 4.33. The molecule has 20 heavy (non-hydrogen) atoms. The topological polar surface area (TPSA) is 15.3 Å². The van der Waals surface area contributed by atoms with Crippen molar-refractivity contribution in [3.8, 4) is 0 Å². The van der Waals surface area contributed by atoms with Crippen molar-refractivity contribution in [3.05, 3.63) is 33.6 Å². The van der Waals surface area contributed by atoms with Crippen molar-refractivity contribution in [2.24, 2.45) is 0 Å². The molecule has 0 aliphatic carbocycles. The van der Waals surface area contributed by atoms with Gasteiger partial charge >= 0.3 is 0 Å². The Morgan fingerprint density at radius 2 is 1.80 bits per heavy atom. The molecule has 8 heteroatoms. The zero-order valence-corrected chi connectivity index (χ0v) is 13.7. The summed E-state index contributed by atoms with van der Waals surface area (Å²) in [6.45, 7) is 2.16. The Morgan fingerprint density at radius 1 is 1.20 bits per heavy atom. The summed E-state index contributed by atoms with van der Waals surface area (Å²) in [5.74, 6) is -0.509. The number of nitrogens with zero attached hydrogens (tertiary/aromatic N) is 1. The van der Waals surface area contributed by atoms with Crippen molar-refractivity contribution >= 4 is 48.0 Å². The summed E-state index contributed by atoms with van der Waals surface area (Å²) < 4.78 is 27.2. The predicted octanol–water partition coefficient (Wildman–Crippen LogP) is 3.89. The largest absolute Gasteiger partial charge is 0.314 e. The van der Waals surface area contributed by atoms with E-state index in [9.17, 15) is 8.78 Å². The lowest BCUT2D eigenvalue weighted by atomic mass is 10.0. The van der Waals surface area contributed by atoms with Crippen molar-refractivity contribution < 1.29 is 8.78 Å².